The topological polar surface area (TPSA) is 141 Å². The van der Waals surface area contributed by atoms with E-state index in [0.29, 0.717) is 12.0 Å². The van der Waals surface area contributed by atoms with Crippen LogP contribution in [0.25, 0.3) is 6.08 Å². The van der Waals surface area contributed by atoms with E-state index in [2.05, 4.69) is 10.6 Å². The number of carbonyl (C=O) groups excluding carboxylic acids is 3. The Morgan fingerprint density at radius 1 is 1.24 bits per heavy atom. The summed E-state index contributed by atoms with van der Waals surface area (Å²) in [4.78, 5) is 45.9. The van der Waals surface area contributed by atoms with E-state index >= 15 is 0 Å². The van der Waals surface area contributed by atoms with E-state index in [0.717, 1.165) is 0 Å². The first-order valence-electron chi connectivity index (χ1n) is 8.59. The highest BCUT2D eigenvalue weighted by Crippen LogP contribution is 2.15. The zero-order chi connectivity index (χ0) is 21.2. The molecule has 0 aliphatic rings. The second kappa shape index (κ2) is 10.4. The van der Waals surface area contributed by atoms with Gasteiger partial charge in [0.2, 0.25) is 0 Å². The Labute approximate surface area is 165 Å². The van der Waals surface area contributed by atoms with Crippen molar-refractivity contribution >= 4 is 29.5 Å². The van der Waals surface area contributed by atoms with Crippen LogP contribution < -0.4 is 10.6 Å². The van der Waals surface area contributed by atoms with Gasteiger partial charge in [-0.15, -0.1) is 0 Å². The van der Waals surface area contributed by atoms with Crippen molar-refractivity contribution in [1.29, 1.82) is 0 Å². The summed E-state index contributed by atoms with van der Waals surface area (Å²) in [5.74, 6) is -1.69. The van der Waals surface area contributed by atoms with Crippen LogP contribution in [-0.4, -0.2) is 35.9 Å². The lowest BCUT2D eigenvalue weighted by molar-refractivity contribution is -0.384. The smallest absolute Gasteiger partial charge is 0.302 e. The van der Waals surface area contributed by atoms with Gasteiger partial charge >= 0.3 is 5.97 Å². The van der Waals surface area contributed by atoms with Gasteiger partial charge in [-0.3, -0.25) is 24.5 Å². The summed E-state index contributed by atoms with van der Waals surface area (Å²) in [7, 11) is 0. The van der Waals surface area contributed by atoms with Crippen molar-refractivity contribution in [3.05, 3.63) is 69.8 Å². The van der Waals surface area contributed by atoms with Crippen LogP contribution in [0.1, 0.15) is 29.5 Å². The standard InChI is InChI=1S/C19H19N3O7/c1-13(23)28-10-4-8-20-18(24)16(21-19(25)17-7-3-9-29-17)12-14-5-2-6-15(11-14)22(26)27/h2-3,5-7,9,11-12H,4,8,10H2,1H3,(H,20,24)(H,21,25)/b16-12-. The van der Waals surface area contributed by atoms with Gasteiger partial charge in [-0.25, -0.2) is 0 Å². The molecule has 10 heteroatoms. The molecule has 0 aliphatic heterocycles. The number of nitro benzene ring substituents is 1. The summed E-state index contributed by atoms with van der Waals surface area (Å²) in [6.07, 6.45) is 3.00. The average molecular weight is 401 g/mol. The number of carbonyl (C=O) groups is 3. The first-order chi connectivity index (χ1) is 13.9. The van der Waals surface area contributed by atoms with Gasteiger partial charge in [-0.1, -0.05) is 12.1 Å². The monoisotopic (exact) mass is 401 g/mol. The molecule has 2 N–H and O–H groups in total. The van der Waals surface area contributed by atoms with Gasteiger partial charge in [0, 0.05) is 25.6 Å². The zero-order valence-electron chi connectivity index (χ0n) is 15.5. The summed E-state index contributed by atoms with van der Waals surface area (Å²) in [6.45, 7) is 1.61. The molecule has 0 aliphatic carbocycles. The van der Waals surface area contributed by atoms with E-state index in [-0.39, 0.29) is 30.3 Å². The second-order valence-electron chi connectivity index (χ2n) is 5.79. The number of non-ortho nitro benzene ring substituents is 1. The molecular weight excluding hydrogens is 382 g/mol. The number of esters is 1. The maximum absolute atomic E-state index is 12.5. The van der Waals surface area contributed by atoms with E-state index in [1.54, 1.807) is 6.07 Å². The number of furan rings is 1. The fraction of sp³-hybridized carbons (Fsp3) is 0.211. The molecule has 0 radical (unpaired) electrons. The van der Waals surface area contributed by atoms with Crippen molar-refractivity contribution in [3.63, 3.8) is 0 Å². The molecular formula is C19H19N3O7. The van der Waals surface area contributed by atoms with Crippen LogP contribution in [-0.2, 0) is 14.3 Å². The van der Waals surface area contributed by atoms with Gasteiger partial charge in [-0.2, -0.15) is 0 Å². The number of amides is 2. The van der Waals surface area contributed by atoms with Crippen molar-refractivity contribution in [2.24, 2.45) is 0 Å². The Balaban J connectivity index is 2.15. The minimum atomic E-state index is -0.651. The lowest BCUT2D eigenvalue weighted by Gasteiger charge is -2.10. The number of nitrogens with one attached hydrogen (secondary N) is 2. The summed E-state index contributed by atoms with van der Waals surface area (Å²) in [5.41, 5.74) is 0.0700. The summed E-state index contributed by atoms with van der Waals surface area (Å²) in [5, 5.41) is 16.0. The number of hydrogen-bond acceptors (Lipinski definition) is 7. The average Bonchev–Trinajstić information content (AvgIpc) is 3.22. The Morgan fingerprint density at radius 3 is 2.69 bits per heavy atom. The second-order valence-corrected chi connectivity index (χ2v) is 5.79. The molecule has 0 saturated heterocycles. The minimum Gasteiger partial charge on any atom is -0.466 e. The molecule has 1 aromatic carbocycles. The summed E-state index contributed by atoms with van der Waals surface area (Å²) >= 11 is 0. The summed E-state index contributed by atoms with van der Waals surface area (Å²) < 4.78 is 9.78. The quantitative estimate of drug-likeness (QED) is 0.215. The molecule has 1 aromatic heterocycles. The van der Waals surface area contributed by atoms with Gasteiger partial charge in [0.1, 0.15) is 5.70 Å². The fourth-order valence-corrected chi connectivity index (χ4v) is 2.23. The molecule has 10 nitrogen and oxygen atoms in total. The van der Waals surface area contributed by atoms with Crippen molar-refractivity contribution in [2.75, 3.05) is 13.2 Å². The molecule has 2 aromatic rings. The first-order valence-corrected chi connectivity index (χ1v) is 8.59. The summed E-state index contributed by atoms with van der Waals surface area (Å²) in [6, 6.07) is 8.55. The third-order valence-electron chi connectivity index (χ3n) is 3.54. The highest BCUT2D eigenvalue weighted by atomic mass is 16.6. The highest BCUT2D eigenvalue weighted by Gasteiger charge is 2.16. The first kappa shape index (κ1) is 21.4. The molecule has 2 rings (SSSR count). The SMILES string of the molecule is CC(=O)OCCCNC(=O)/C(=C/c1cccc([N+](=O)[O-])c1)NC(=O)c1ccco1. The van der Waals surface area contributed by atoms with E-state index < -0.39 is 22.7 Å². The minimum absolute atomic E-state index is 0.00222. The van der Waals surface area contributed by atoms with Crippen LogP contribution >= 0.6 is 0 Å². The normalized spacial score (nSPS) is 10.9. The molecule has 29 heavy (non-hydrogen) atoms. The molecule has 0 atom stereocenters. The lowest BCUT2D eigenvalue weighted by atomic mass is 10.1. The largest absolute Gasteiger partial charge is 0.466 e. The number of rotatable bonds is 9. The van der Waals surface area contributed by atoms with Crippen molar-refractivity contribution < 1.29 is 28.5 Å². The van der Waals surface area contributed by atoms with Crippen LogP contribution in [0.2, 0.25) is 0 Å². The maximum Gasteiger partial charge on any atom is 0.302 e. The van der Waals surface area contributed by atoms with E-state index in [9.17, 15) is 24.5 Å². The van der Waals surface area contributed by atoms with Crippen LogP contribution in [0.4, 0.5) is 5.69 Å². The number of ether oxygens (including phenoxy) is 1. The van der Waals surface area contributed by atoms with Crippen LogP contribution in [0, 0.1) is 10.1 Å². The predicted octanol–water partition coefficient (Wildman–Crippen LogP) is 2.03. The molecule has 0 fully saturated rings. The van der Waals surface area contributed by atoms with Crippen molar-refractivity contribution in [1.82, 2.24) is 10.6 Å². The van der Waals surface area contributed by atoms with Gasteiger partial charge in [-0.05, 0) is 30.2 Å². The molecule has 1 heterocycles. The Morgan fingerprint density at radius 2 is 2.03 bits per heavy atom. The van der Waals surface area contributed by atoms with Crippen LogP contribution in [0.15, 0.2) is 52.8 Å². The molecule has 0 saturated carbocycles. The maximum atomic E-state index is 12.5. The zero-order valence-corrected chi connectivity index (χ0v) is 15.5. The molecule has 0 spiro atoms. The van der Waals surface area contributed by atoms with Gasteiger partial charge in [0.25, 0.3) is 17.5 Å². The van der Waals surface area contributed by atoms with E-state index in [4.69, 9.17) is 9.15 Å². The number of nitro groups is 1. The highest BCUT2D eigenvalue weighted by molar-refractivity contribution is 6.04. The Hall–Kier alpha value is -3.95. The number of nitrogens with zero attached hydrogens (tertiary/aromatic N) is 1. The van der Waals surface area contributed by atoms with E-state index in [1.807, 2.05) is 0 Å². The van der Waals surface area contributed by atoms with E-state index in [1.165, 1.54) is 49.6 Å². The Bertz CT molecular complexity index is 920. The molecule has 152 valence electrons. The molecule has 2 amide bonds. The van der Waals surface area contributed by atoms with Crippen molar-refractivity contribution in [2.45, 2.75) is 13.3 Å². The Kier molecular flexibility index (Phi) is 7.66. The lowest BCUT2D eigenvalue weighted by Crippen LogP contribution is -2.35. The van der Waals surface area contributed by atoms with Crippen LogP contribution in [0.5, 0.6) is 0 Å². The van der Waals surface area contributed by atoms with Gasteiger partial charge < -0.3 is 19.8 Å². The van der Waals surface area contributed by atoms with Crippen molar-refractivity contribution in [3.8, 4) is 0 Å². The molecule has 0 unspecified atom stereocenters. The third-order valence-corrected chi connectivity index (χ3v) is 3.54. The fourth-order valence-electron chi connectivity index (χ4n) is 2.23. The van der Waals surface area contributed by atoms with Crippen LogP contribution in [0.3, 0.4) is 0 Å². The third kappa shape index (κ3) is 6.94. The van der Waals surface area contributed by atoms with Gasteiger partial charge in [0.15, 0.2) is 5.76 Å². The number of hydrogen-bond donors (Lipinski definition) is 2. The van der Waals surface area contributed by atoms with Gasteiger partial charge in [0.05, 0.1) is 17.8 Å². The molecule has 0 bridgehead atoms. The predicted molar refractivity (Wildman–Crippen MR) is 102 cm³/mol. The number of benzene rings is 1.